The summed E-state index contributed by atoms with van der Waals surface area (Å²) in [7, 11) is 0. The van der Waals surface area contributed by atoms with Crippen LogP contribution in [0.1, 0.15) is 67.2 Å². The van der Waals surface area contributed by atoms with Gasteiger partial charge in [-0.15, -0.1) is 6.58 Å². The Morgan fingerprint density at radius 2 is 1.48 bits per heavy atom. The van der Waals surface area contributed by atoms with E-state index in [0.717, 1.165) is 35.8 Å². The quantitative estimate of drug-likeness (QED) is 0.398. The first-order chi connectivity index (χ1) is 13.3. The zero-order valence-corrected chi connectivity index (χ0v) is 16.5. The molecule has 2 aromatic carbocycles. The van der Waals surface area contributed by atoms with Crippen LogP contribution in [0.25, 0.3) is 0 Å². The van der Waals surface area contributed by atoms with Crippen LogP contribution >= 0.6 is 0 Å². The SMILES string of the molecule is C=CCCc1ccc(C#Cc2ccc(C3CCC(C=CC)CC3)cc2)cc1. The summed E-state index contributed by atoms with van der Waals surface area (Å²) in [4.78, 5) is 0. The molecule has 0 spiro atoms. The van der Waals surface area contributed by atoms with Crippen molar-refractivity contribution >= 4 is 0 Å². The molecule has 0 saturated heterocycles. The van der Waals surface area contributed by atoms with Gasteiger partial charge in [0.05, 0.1) is 0 Å². The summed E-state index contributed by atoms with van der Waals surface area (Å²) in [6, 6.07) is 17.5. The van der Waals surface area contributed by atoms with E-state index in [9.17, 15) is 0 Å². The molecule has 0 nitrogen and oxygen atoms in total. The minimum atomic E-state index is 0.719. The largest absolute Gasteiger partial charge is 0.103 e. The molecule has 0 N–H and O–H groups in total. The summed E-state index contributed by atoms with van der Waals surface area (Å²) < 4.78 is 0. The van der Waals surface area contributed by atoms with Gasteiger partial charge in [0.25, 0.3) is 0 Å². The maximum absolute atomic E-state index is 3.78. The Balaban J connectivity index is 1.58. The molecule has 1 saturated carbocycles. The van der Waals surface area contributed by atoms with Gasteiger partial charge in [-0.25, -0.2) is 0 Å². The van der Waals surface area contributed by atoms with Gasteiger partial charge in [0.15, 0.2) is 0 Å². The minimum absolute atomic E-state index is 0.719. The average molecular weight is 355 g/mol. The highest BCUT2D eigenvalue weighted by Crippen LogP contribution is 2.36. The Morgan fingerprint density at radius 1 is 0.889 bits per heavy atom. The minimum Gasteiger partial charge on any atom is -0.103 e. The fourth-order valence-corrected chi connectivity index (χ4v) is 3.92. The van der Waals surface area contributed by atoms with Crippen LogP contribution in [-0.4, -0.2) is 0 Å². The smallest absolute Gasteiger partial charge is 0.0249 e. The number of aryl methyl sites for hydroxylation is 1. The molecule has 3 rings (SSSR count). The Hall–Kier alpha value is -2.52. The van der Waals surface area contributed by atoms with Gasteiger partial charge in [-0.1, -0.05) is 54.3 Å². The van der Waals surface area contributed by atoms with Crippen molar-refractivity contribution in [3.8, 4) is 11.8 Å². The molecule has 1 fully saturated rings. The summed E-state index contributed by atoms with van der Waals surface area (Å²) in [6.45, 7) is 5.91. The maximum Gasteiger partial charge on any atom is 0.0249 e. The number of benzene rings is 2. The molecule has 138 valence electrons. The van der Waals surface area contributed by atoms with Gasteiger partial charge >= 0.3 is 0 Å². The van der Waals surface area contributed by atoms with Gasteiger partial charge in [0.1, 0.15) is 0 Å². The molecular formula is C27H30. The number of hydrogen-bond acceptors (Lipinski definition) is 0. The van der Waals surface area contributed by atoms with E-state index in [2.05, 4.69) is 86.0 Å². The second-order valence-corrected chi connectivity index (χ2v) is 7.53. The molecule has 0 heterocycles. The van der Waals surface area contributed by atoms with E-state index in [-0.39, 0.29) is 0 Å². The van der Waals surface area contributed by atoms with Crippen LogP contribution in [0.15, 0.2) is 73.3 Å². The molecule has 1 aliphatic carbocycles. The number of hydrogen-bond donors (Lipinski definition) is 0. The highest BCUT2D eigenvalue weighted by Gasteiger charge is 2.20. The summed E-state index contributed by atoms with van der Waals surface area (Å²) in [5.41, 5.74) is 4.99. The van der Waals surface area contributed by atoms with Crippen LogP contribution in [0.3, 0.4) is 0 Å². The molecule has 0 radical (unpaired) electrons. The van der Waals surface area contributed by atoms with E-state index in [1.807, 2.05) is 6.08 Å². The van der Waals surface area contributed by atoms with Crippen LogP contribution in [0.2, 0.25) is 0 Å². The Labute approximate surface area is 165 Å². The number of rotatable bonds is 5. The lowest BCUT2D eigenvalue weighted by Crippen LogP contribution is -2.11. The fraction of sp³-hybridized carbons (Fsp3) is 0.333. The highest BCUT2D eigenvalue weighted by molar-refractivity contribution is 5.44. The van der Waals surface area contributed by atoms with Gasteiger partial charge in [-0.3, -0.25) is 0 Å². The molecule has 0 amide bonds. The van der Waals surface area contributed by atoms with Crippen LogP contribution in [0.4, 0.5) is 0 Å². The Kier molecular flexibility index (Phi) is 7.11. The van der Waals surface area contributed by atoms with Gasteiger partial charge in [0.2, 0.25) is 0 Å². The molecule has 0 unspecified atom stereocenters. The van der Waals surface area contributed by atoms with E-state index in [1.54, 1.807) is 0 Å². The summed E-state index contributed by atoms with van der Waals surface area (Å²) in [6.07, 6.45) is 13.9. The second kappa shape index (κ2) is 9.98. The molecule has 0 bridgehead atoms. The van der Waals surface area contributed by atoms with Gasteiger partial charge in [-0.05, 0) is 92.7 Å². The van der Waals surface area contributed by atoms with Crippen LogP contribution in [0, 0.1) is 17.8 Å². The molecule has 0 aromatic heterocycles. The number of allylic oxidation sites excluding steroid dienone is 3. The first kappa shape index (κ1) is 19.2. The van der Waals surface area contributed by atoms with Crippen molar-refractivity contribution in [3.63, 3.8) is 0 Å². The maximum atomic E-state index is 3.78. The predicted molar refractivity (Wildman–Crippen MR) is 117 cm³/mol. The first-order valence-corrected chi connectivity index (χ1v) is 10.2. The normalized spacial score (nSPS) is 19.4. The lowest BCUT2D eigenvalue weighted by atomic mass is 9.78. The lowest BCUT2D eigenvalue weighted by Gasteiger charge is -2.27. The zero-order valence-electron chi connectivity index (χ0n) is 16.5. The summed E-state index contributed by atoms with van der Waals surface area (Å²) in [5, 5.41) is 0. The molecule has 0 aliphatic heterocycles. The van der Waals surface area contributed by atoms with E-state index < -0.39 is 0 Å². The topological polar surface area (TPSA) is 0 Å². The molecule has 0 heteroatoms. The zero-order chi connectivity index (χ0) is 18.9. The molecule has 0 atom stereocenters. The van der Waals surface area contributed by atoms with Crippen molar-refractivity contribution in [1.29, 1.82) is 0 Å². The first-order valence-electron chi connectivity index (χ1n) is 10.2. The molecule has 1 aliphatic rings. The molecule has 2 aromatic rings. The molecular weight excluding hydrogens is 324 g/mol. The van der Waals surface area contributed by atoms with Crippen LogP contribution in [-0.2, 0) is 6.42 Å². The van der Waals surface area contributed by atoms with Gasteiger partial charge in [0, 0.05) is 11.1 Å². The van der Waals surface area contributed by atoms with Crippen molar-refractivity contribution < 1.29 is 0 Å². The van der Waals surface area contributed by atoms with Crippen molar-refractivity contribution in [1.82, 2.24) is 0 Å². The fourth-order valence-electron chi connectivity index (χ4n) is 3.92. The lowest BCUT2D eigenvalue weighted by molar-refractivity contribution is 0.375. The highest BCUT2D eigenvalue weighted by atomic mass is 14.2. The van der Waals surface area contributed by atoms with Gasteiger partial charge in [-0.2, -0.15) is 0 Å². The van der Waals surface area contributed by atoms with Crippen molar-refractivity contribution in [2.75, 3.05) is 0 Å². The predicted octanol–water partition coefficient (Wildman–Crippen LogP) is 7.05. The second-order valence-electron chi connectivity index (χ2n) is 7.53. The van der Waals surface area contributed by atoms with E-state index in [1.165, 1.54) is 36.8 Å². The standard InChI is InChI=1S/C27H30/c1-3-5-7-23-8-10-24(11-9-23)12-13-25-16-20-27(21-17-25)26-18-14-22(6-4-2)15-19-26/h3-4,6,8-11,16-17,20-22,26H,1,5,7,14-15,18-19H2,2H3. The van der Waals surface area contributed by atoms with E-state index in [0.29, 0.717) is 0 Å². The van der Waals surface area contributed by atoms with Gasteiger partial charge < -0.3 is 0 Å². The van der Waals surface area contributed by atoms with E-state index in [4.69, 9.17) is 0 Å². The third-order valence-corrected chi connectivity index (χ3v) is 5.56. The van der Waals surface area contributed by atoms with Crippen LogP contribution < -0.4 is 0 Å². The summed E-state index contributed by atoms with van der Waals surface area (Å²) >= 11 is 0. The van der Waals surface area contributed by atoms with Crippen molar-refractivity contribution in [2.45, 2.75) is 51.4 Å². The van der Waals surface area contributed by atoms with Crippen molar-refractivity contribution in [2.24, 2.45) is 5.92 Å². The van der Waals surface area contributed by atoms with E-state index >= 15 is 0 Å². The third-order valence-electron chi connectivity index (χ3n) is 5.56. The Morgan fingerprint density at radius 3 is 2.04 bits per heavy atom. The molecule has 27 heavy (non-hydrogen) atoms. The third kappa shape index (κ3) is 5.73. The average Bonchev–Trinajstić information content (AvgIpc) is 2.73. The van der Waals surface area contributed by atoms with Crippen LogP contribution in [0.5, 0.6) is 0 Å². The summed E-state index contributed by atoms with van der Waals surface area (Å²) in [5.74, 6) is 8.10. The monoisotopic (exact) mass is 354 g/mol. The Bertz CT molecular complexity index is 801. The van der Waals surface area contributed by atoms with Crippen molar-refractivity contribution in [3.05, 3.63) is 95.6 Å².